The van der Waals surface area contributed by atoms with Crippen molar-refractivity contribution in [1.29, 1.82) is 5.26 Å². The van der Waals surface area contributed by atoms with Gasteiger partial charge in [-0.1, -0.05) is 24.6 Å². The maximum Gasteiger partial charge on any atom is 0.101 e. The summed E-state index contributed by atoms with van der Waals surface area (Å²) in [4.78, 5) is 2.43. The first-order chi connectivity index (χ1) is 8.70. The van der Waals surface area contributed by atoms with Gasteiger partial charge in [-0.3, -0.25) is 0 Å². The molecule has 0 bridgehead atoms. The van der Waals surface area contributed by atoms with Crippen LogP contribution in [0.25, 0.3) is 0 Å². The molecule has 0 aromatic rings. The Morgan fingerprint density at radius 1 is 1.28 bits per heavy atom. The number of nitrogens with zero attached hydrogens (tertiary/aromatic N) is 2. The normalized spacial score (nSPS) is 22.3. The lowest BCUT2D eigenvalue weighted by Gasteiger charge is -2.34. The van der Waals surface area contributed by atoms with E-state index in [9.17, 15) is 5.26 Å². The van der Waals surface area contributed by atoms with Gasteiger partial charge in [-0.15, -0.1) is 0 Å². The van der Waals surface area contributed by atoms with Gasteiger partial charge in [-0.2, -0.15) is 5.26 Å². The highest BCUT2D eigenvalue weighted by molar-refractivity contribution is 5.41. The van der Waals surface area contributed by atoms with Crippen LogP contribution in [0, 0.1) is 17.2 Å². The van der Waals surface area contributed by atoms with Crippen LogP contribution in [-0.4, -0.2) is 18.0 Å². The fourth-order valence-electron chi connectivity index (χ4n) is 2.66. The van der Waals surface area contributed by atoms with Gasteiger partial charge in [0.15, 0.2) is 0 Å². The third kappa shape index (κ3) is 3.04. The van der Waals surface area contributed by atoms with E-state index in [2.05, 4.69) is 37.0 Å². The van der Waals surface area contributed by atoms with Gasteiger partial charge in [0.05, 0.1) is 5.57 Å². The molecule has 2 rings (SSSR count). The van der Waals surface area contributed by atoms with Gasteiger partial charge in [0, 0.05) is 18.8 Å². The van der Waals surface area contributed by atoms with Gasteiger partial charge in [0.1, 0.15) is 6.07 Å². The molecule has 0 amide bonds. The molecule has 0 aromatic heterocycles. The molecule has 96 valence electrons. The van der Waals surface area contributed by atoms with E-state index >= 15 is 0 Å². The molecule has 1 aliphatic heterocycles. The Kier molecular flexibility index (Phi) is 4.25. The second kappa shape index (κ2) is 5.91. The Morgan fingerprint density at radius 2 is 2.00 bits per heavy atom. The van der Waals surface area contributed by atoms with Crippen LogP contribution in [0.5, 0.6) is 0 Å². The zero-order valence-corrected chi connectivity index (χ0v) is 11.4. The molecule has 0 atom stereocenters. The van der Waals surface area contributed by atoms with Gasteiger partial charge in [-0.25, -0.2) is 0 Å². The van der Waals surface area contributed by atoms with E-state index < -0.39 is 0 Å². The molecule has 2 aliphatic rings. The SMILES string of the molecule is CC1=CCCC(N2CCC(C)CC2)=C(C#N)C=C1. The van der Waals surface area contributed by atoms with Crippen LogP contribution in [0.4, 0.5) is 0 Å². The molecule has 0 aromatic carbocycles. The summed E-state index contributed by atoms with van der Waals surface area (Å²) >= 11 is 0. The second-order valence-corrected chi connectivity index (χ2v) is 5.46. The molecule has 18 heavy (non-hydrogen) atoms. The van der Waals surface area contributed by atoms with Crippen LogP contribution in [-0.2, 0) is 0 Å². The van der Waals surface area contributed by atoms with Crippen molar-refractivity contribution in [2.45, 2.75) is 39.5 Å². The molecule has 1 saturated heterocycles. The first-order valence-electron chi connectivity index (χ1n) is 6.93. The smallest absolute Gasteiger partial charge is 0.101 e. The van der Waals surface area contributed by atoms with E-state index in [1.165, 1.54) is 24.1 Å². The number of hydrogen-bond acceptors (Lipinski definition) is 2. The molecule has 1 fully saturated rings. The molecule has 0 saturated carbocycles. The van der Waals surface area contributed by atoms with Crippen LogP contribution >= 0.6 is 0 Å². The van der Waals surface area contributed by atoms with E-state index in [0.717, 1.165) is 37.4 Å². The fraction of sp³-hybridized carbons (Fsp3) is 0.562. The average Bonchev–Trinajstić information content (AvgIpc) is 2.36. The molecule has 2 nitrogen and oxygen atoms in total. The summed E-state index contributed by atoms with van der Waals surface area (Å²) in [6, 6.07) is 2.37. The fourth-order valence-corrected chi connectivity index (χ4v) is 2.66. The average molecular weight is 242 g/mol. The van der Waals surface area contributed by atoms with Gasteiger partial charge < -0.3 is 4.90 Å². The molecule has 0 radical (unpaired) electrons. The van der Waals surface area contributed by atoms with Crippen molar-refractivity contribution in [1.82, 2.24) is 4.90 Å². The lowest BCUT2D eigenvalue weighted by molar-refractivity contribution is 0.230. The van der Waals surface area contributed by atoms with Crippen LogP contribution in [0.3, 0.4) is 0 Å². The third-order valence-electron chi connectivity index (χ3n) is 3.96. The second-order valence-electron chi connectivity index (χ2n) is 5.46. The van der Waals surface area contributed by atoms with Crippen molar-refractivity contribution >= 4 is 0 Å². The highest BCUT2D eigenvalue weighted by Crippen LogP contribution is 2.26. The summed E-state index contributed by atoms with van der Waals surface area (Å²) in [6.07, 6.45) is 10.9. The third-order valence-corrected chi connectivity index (χ3v) is 3.96. The van der Waals surface area contributed by atoms with E-state index in [4.69, 9.17) is 0 Å². The number of allylic oxidation sites excluding steroid dienone is 6. The molecule has 1 heterocycles. The van der Waals surface area contributed by atoms with Crippen molar-refractivity contribution in [2.24, 2.45) is 5.92 Å². The van der Waals surface area contributed by atoms with Gasteiger partial charge >= 0.3 is 0 Å². The number of nitriles is 1. The Morgan fingerprint density at radius 3 is 2.67 bits per heavy atom. The van der Waals surface area contributed by atoms with Crippen molar-refractivity contribution < 1.29 is 0 Å². The minimum atomic E-state index is 0.832. The van der Waals surface area contributed by atoms with Gasteiger partial charge in [0.25, 0.3) is 0 Å². The summed E-state index contributed by atoms with van der Waals surface area (Å²) < 4.78 is 0. The molecule has 0 spiro atoms. The topological polar surface area (TPSA) is 27.0 Å². The van der Waals surface area contributed by atoms with Crippen LogP contribution in [0.15, 0.2) is 35.1 Å². The standard InChI is InChI=1S/C16H22N2/c1-13-4-3-5-16(15(12-17)7-6-13)18-10-8-14(2)9-11-18/h4,6-7,14H,3,5,8-11H2,1-2H3. The lowest BCUT2D eigenvalue weighted by Crippen LogP contribution is -2.33. The Balaban J connectivity index is 2.21. The zero-order valence-electron chi connectivity index (χ0n) is 11.4. The molecule has 2 heteroatoms. The van der Waals surface area contributed by atoms with E-state index in [0.29, 0.717) is 0 Å². The summed E-state index contributed by atoms with van der Waals surface area (Å²) in [7, 11) is 0. The number of rotatable bonds is 1. The van der Waals surface area contributed by atoms with Crippen LogP contribution in [0.1, 0.15) is 39.5 Å². The number of piperidine rings is 1. The number of hydrogen-bond donors (Lipinski definition) is 0. The zero-order chi connectivity index (χ0) is 13.0. The van der Waals surface area contributed by atoms with Gasteiger partial charge in [0.2, 0.25) is 0 Å². The first kappa shape index (κ1) is 13.0. The van der Waals surface area contributed by atoms with Crippen molar-refractivity contribution in [2.75, 3.05) is 13.1 Å². The minimum Gasteiger partial charge on any atom is -0.374 e. The largest absolute Gasteiger partial charge is 0.374 e. The van der Waals surface area contributed by atoms with Crippen LogP contribution in [0.2, 0.25) is 0 Å². The highest BCUT2D eigenvalue weighted by atomic mass is 15.1. The van der Waals surface area contributed by atoms with Gasteiger partial charge in [-0.05, 0) is 44.6 Å². The van der Waals surface area contributed by atoms with E-state index in [1.54, 1.807) is 0 Å². The highest BCUT2D eigenvalue weighted by Gasteiger charge is 2.20. The molecular weight excluding hydrogens is 220 g/mol. The molecule has 1 aliphatic carbocycles. The summed E-state index contributed by atoms with van der Waals surface area (Å²) in [5, 5.41) is 9.34. The predicted octanol–water partition coefficient (Wildman–Crippen LogP) is 3.79. The summed E-state index contributed by atoms with van der Waals surface area (Å²) in [5.41, 5.74) is 3.37. The Labute approximate surface area is 110 Å². The van der Waals surface area contributed by atoms with E-state index in [1.807, 2.05) is 6.08 Å². The first-order valence-corrected chi connectivity index (χ1v) is 6.93. The predicted molar refractivity (Wildman–Crippen MR) is 74.7 cm³/mol. The maximum absolute atomic E-state index is 9.34. The monoisotopic (exact) mass is 242 g/mol. The maximum atomic E-state index is 9.34. The summed E-state index contributed by atoms with van der Waals surface area (Å²) in [6.45, 7) is 6.64. The van der Waals surface area contributed by atoms with Crippen molar-refractivity contribution in [3.63, 3.8) is 0 Å². The lowest BCUT2D eigenvalue weighted by atomic mass is 9.96. The Hall–Kier alpha value is -1.49. The molecule has 0 N–H and O–H groups in total. The van der Waals surface area contributed by atoms with Crippen molar-refractivity contribution in [3.05, 3.63) is 35.1 Å². The molecule has 0 unspecified atom stereocenters. The molecular formula is C16H22N2. The summed E-state index contributed by atoms with van der Waals surface area (Å²) in [5.74, 6) is 0.832. The number of likely N-dealkylation sites (tertiary alicyclic amines) is 1. The Bertz CT molecular complexity index is 427. The minimum absolute atomic E-state index is 0.832. The van der Waals surface area contributed by atoms with E-state index in [-0.39, 0.29) is 0 Å². The quantitative estimate of drug-likeness (QED) is 0.699. The van der Waals surface area contributed by atoms with Crippen LogP contribution < -0.4 is 0 Å². The van der Waals surface area contributed by atoms with Crippen molar-refractivity contribution in [3.8, 4) is 6.07 Å².